The lowest BCUT2D eigenvalue weighted by Crippen LogP contribution is -2.40. The normalized spacial score (nSPS) is 17.0. The average molecular weight is 386 g/mol. The fraction of sp³-hybridized carbons (Fsp3) is 0.286. The number of hydrogen-bond donors (Lipinski definition) is 2. The highest BCUT2D eigenvalue weighted by Crippen LogP contribution is 2.41. The summed E-state index contributed by atoms with van der Waals surface area (Å²) in [6.07, 6.45) is -13.7. The molecule has 0 aromatic heterocycles. The monoisotopic (exact) mass is 386 g/mol. The Balaban J connectivity index is 2.64. The molecule has 0 fully saturated rings. The van der Waals surface area contributed by atoms with Crippen LogP contribution in [0.1, 0.15) is 11.1 Å². The molecule has 0 spiro atoms. The number of benzene rings is 1. The first kappa shape index (κ1) is 19.4. The van der Waals surface area contributed by atoms with Gasteiger partial charge in [0.15, 0.2) is 0 Å². The second-order valence-electron chi connectivity index (χ2n) is 5.06. The smallest absolute Gasteiger partial charge is 0.481 e. The van der Waals surface area contributed by atoms with Crippen LogP contribution in [0, 0.1) is 0 Å². The van der Waals surface area contributed by atoms with Crippen molar-refractivity contribution in [3.05, 3.63) is 28.8 Å². The lowest BCUT2D eigenvalue weighted by Gasteiger charge is -2.28. The maximum absolute atomic E-state index is 13.0. The summed E-state index contributed by atoms with van der Waals surface area (Å²) >= 11 is 0. The number of fused-ring (bicyclic) bond motifs is 1. The van der Waals surface area contributed by atoms with Crippen LogP contribution in [0.15, 0.2) is 17.7 Å². The van der Waals surface area contributed by atoms with Crippen LogP contribution in [-0.2, 0) is 16.0 Å². The molecule has 0 aliphatic carbocycles. The van der Waals surface area contributed by atoms with Gasteiger partial charge in [0.1, 0.15) is 11.5 Å². The summed E-state index contributed by atoms with van der Waals surface area (Å²) in [5.74, 6) is -5.17. The maximum Gasteiger partial charge on any atom is 0.573 e. The van der Waals surface area contributed by atoms with Crippen molar-refractivity contribution in [2.45, 2.75) is 25.1 Å². The molecular formula is C14H8F6O6. The van der Waals surface area contributed by atoms with Crippen LogP contribution in [0.5, 0.6) is 11.5 Å². The van der Waals surface area contributed by atoms with Crippen LogP contribution in [0.25, 0.3) is 6.08 Å². The molecular weight excluding hydrogens is 378 g/mol. The van der Waals surface area contributed by atoms with E-state index in [0.717, 1.165) is 0 Å². The summed E-state index contributed by atoms with van der Waals surface area (Å²) in [6, 6.07) is 1.16. The zero-order chi connectivity index (χ0) is 19.9. The molecule has 1 unspecified atom stereocenters. The second kappa shape index (κ2) is 6.42. The number of alkyl halides is 6. The predicted octanol–water partition coefficient (Wildman–Crippen LogP) is 3.00. The number of hydrogen-bond acceptors (Lipinski definition) is 4. The number of carboxylic acid groups (broad SMARTS) is 2. The van der Waals surface area contributed by atoms with Gasteiger partial charge in [-0.2, -0.15) is 13.2 Å². The zero-order valence-corrected chi connectivity index (χ0v) is 12.3. The molecule has 0 amide bonds. The molecule has 1 atom stereocenters. The third-order valence-corrected chi connectivity index (χ3v) is 3.12. The lowest BCUT2D eigenvalue weighted by molar-refractivity contribution is -0.274. The van der Waals surface area contributed by atoms with Crippen LogP contribution in [0.2, 0.25) is 0 Å². The predicted molar refractivity (Wildman–Crippen MR) is 70.5 cm³/mol. The summed E-state index contributed by atoms with van der Waals surface area (Å²) in [5.41, 5.74) is -2.29. The van der Waals surface area contributed by atoms with E-state index >= 15 is 0 Å². The van der Waals surface area contributed by atoms with Gasteiger partial charge in [0.05, 0.1) is 12.0 Å². The van der Waals surface area contributed by atoms with E-state index in [-0.39, 0.29) is 0 Å². The van der Waals surface area contributed by atoms with Gasteiger partial charge in [-0.25, -0.2) is 4.79 Å². The van der Waals surface area contributed by atoms with Crippen LogP contribution in [0.3, 0.4) is 0 Å². The molecule has 1 aliphatic heterocycles. The number of carbonyl (C=O) groups is 2. The maximum atomic E-state index is 13.0. The first-order valence-electron chi connectivity index (χ1n) is 6.60. The number of aliphatic carboxylic acids is 2. The van der Waals surface area contributed by atoms with Gasteiger partial charge in [-0.1, -0.05) is 0 Å². The van der Waals surface area contributed by atoms with Gasteiger partial charge in [0, 0.05) is 11.1 Å². The minimum absolute atomic E-state index is 0.466. The largest absolute Gasteiger partial charge is 0.573 e. The molecule has 0 bridgehead atoms. The van der Waals surface area contributed by atoms with E-state index in [1.807, 2.05) is 0 Å². The minimum Gasteiger partial charge on any atom is -0.481 e. The van der Waals surface area contributed by atoms with E-state index in [0.29, 0.717) is 18.2 Å². The summed E-state index contributed by atoms with van der Waals surface area (Å²) in [5, 5.41) is 17.7. The Bertz CT molecular complexity index is 779. The van der Waals surface area contributed by atoms with Crippen molar-refractivity contribution in [2.24, 2.45) is 0 Å². The SMILES string of the molecule is O=C(O)Cc1cc(OC(F)(F)F)cc2c1OC(C(F)(F)F)C(C(=O)O)=C2. The highest BCUT2D eigenvalue weighted by atomic mass is 19.4. The summed E-state index contributed by atoms with van der Waals surface area (Å²) < 4.78 is 84.4. The molecule has 1 aromatic rings. The Kier molecular flexibility index (Phi) is 4.79. The van der Waals surface area contributed by atoms with Crippen LogP contribution in [-0.4, -0.2) is 40.8 Å². The van der Waals surface area contributed by atoms with E-state index in [2.05, 4.69) is 9.47 Å². The molecule has 2 rings (SSSR count). The van der Waals surface area contributed by atoms with E-state index in [9.17, 15) is 35.9 Å². The Morgan fingerprint density at radius 3 is 2.19 bits per heavy atom. The van der Waals surface area contributed by atoms with Gasteiger partial charge in [0.2, 0.25) is 6.10 Å². The number of halogens is 6. The highest BCUT2D eigenvalue weighted by molar-refractivity contribution is 5.95. The highest BCUT2D eigenvalue weighted by Gasteiger charge is 2.49. The summed E-state index contributed by atoms with van der Waals surface area (Å²) in [4.78, 5) is 21.9. The average Bonchev–Trinajstić information content (AvgIpc) is 2.42. The molecule has 1 heterocycles. The molecule has 12 heteroatoms. The molecule has 1 aliphatic rings. The number of ether oxygens (including phenoxy) is 2. The van der Waals surface area contributed by atoms with Gasteiger partial charge in [-0.15, -0.1) is 13.2 Å². The molecule has 2 N–H and O–H groups in total. The first-order valence-corrected chi connectivity index (χ1v) is 6.60. The number of rotatable bonds is 4. The fourth-order valence-electron chi connectivity index (χ4n) is 2.26. The molecule has 6 nitrogen and oxygen atoms in total. The standard InChI is InChI=1S/C14H8F6O6/c15-13(16,17)11-8(12(23)24)3-5-1-7(26-14(18,19)20)2-6(4-9(21)22)10(5)25-11/h1-3,11H,4H2,(H,21,22)(H,23,24). The van der Waals surface area contributed by atoms with Gasteiger partial charge < -0.3 is 19.7 Å². The Morgan fingerprint density at radius 2 is 1.73 bits per heavy atom. The van der Waals surface area contributed by atoms with E-state index in [1.54, 1.807) is 0 Å². The van der Waals surface area contributed by atoms with Gasteiger partial charge in [0.25, 0.3) is 0 Å². The Hall–Kier alpha value is -2.92. The quantitative estimate of drug-likeness (QED) is 0.773. The third kappa shape index (κ3) is 4.37. The van der Waals surface area contributed by atoms with Crippen molar-refractivity contribution in [1.82, 2.24) is 0 Å². The fourth-order valence-corrected chi connectivity index (χ4v) is 2.26. The van der Waals surface area contributed by atoms with E-state index < -0.39 is 65.2 Å². The molecule has 0 radical (unpaired) electrons. The topological polar surface area (TPSA) is 93.1 Å². The van der Waals surface area contributed by atoms with Crippen molar-refractivity contribution < 1.29 is 55.6 Å². The molecule has 1 aromatic carbocycles. The van der Waals surface area contributed by atoms with Crippen molar-refractivity contribution in [3.8, 4) is 11.5 Å². The molecule has 26 heavy (non-hydrogen) atoms. The second-order valence-corrected chi connectivity index (χ2v) is 5.06. The van der Waals surface area contributed by atoms with Crippen LogP contribution in [0.4, 0.5) is 26.3 Å². The lowest BCUT2D eigenvalue weighted by atomic mass is 9.97. The Labute approximate surface area is 140 Å². The van der Waals surface area contributed by atoms with E-state index in [1.165, 1.54) is 0 Å². The summed E-state index contributed by atoms with van der Waals surface area (Å²) in [6.45, 7) is 0. The molecule has 0 saturated carbocycles. The number of carboxylic acids is 2. The molecule has 0 saturated heterocycles. The van der Waals surface area contributed by atoms with Gasteiger partial charge >= 0.3 is 24.5 Å². The van der Waals surface area contributed by atoms with Gasteiger partial charge in [-0.05, 0) is 18.2 Å². The van der Waals surface area contributed by atoms with Gasteiger partial charge in [-0.3, -0.25) is 4.79 Å². The van der Waals surface area contributed by atoms with Crippen molar-refractivity contribution >= 4 is 18.0 Å². The zero-order valence-electron chi connectivity index (χ0n) is 12.3. The van der Waals surface area contributed by atoms with E-state index in [4.69, 9.17) is 10.2 Å². The molecule has 142 valence electrons. The third-order valence-electron chi connectivity index (χ3n) is 3.12. The van der Waals surface area contributed by atoms with Crippen molar-refractivity contribution in [1.29, 1.82) is 0 Å². The Morgan fingerprint density at radius 1 is 1.12 bits per heavy atom. The summed E-state index contributed by atoms with van der Waals surface area (Å²) in [7, 11) is 0. The van der Waals surface area contributed by atoms with Crippen molar-refractivity contribution in [3.63, 3.8) is 0 Å². The first-order chi connectivity index (χ1) is 11.8. The van der Waals surface area contributed by atoms with Crippen LogP contribution < -0.4 is 9.47 Å². The van der Waals surface area contributed by atoms with Crippen molar-refractivity contribution in [2.75, 3.05) is 0 Å². The minimum atomic E-state index is -5.15. The van der Waals surface area contributed by atoms with Crippen LogP contribution >= 0.6 is 0 Å².